The summed E-state index contributed by atoms with van der Waals surface area (Å²) in [6, 6.07) is 3.10. The third-order valence-corrected chi connectivity index (χ3v) is 7.00. The molecule has 0 unspecified atom stereocenters. The molecule has 1 saturated heterocycles. The summed E-state index contributed by atoms with van der Waals surface area (Å²) < 4.78 is 26.8. The van der Waals surface area contributed by atoms with Crippen molar-refractivity contribution in [3.63, 3.8) is 0 Å². The summed E-state index contributed by atoms with van der Waals surface area (Å²) in [5.74, 6) is -2.75. The van der Waals surface area contributed by atoms with Gasteiger partial charge in [0.2, 0.25) is 0 Å². The van der Waals surface area contributed by atoms with E-state index < -0.39 is 5.76 Å². The second-order valence-corrected chi connectivity index (χ2v) is 9.02. The lowest BCUT2D eigenvalue weighted by Gasteiger charge is -2.34. The lowest BCUT2D eigenvalue weighted by molar-refractivity contribution is 0.0629. The molecule has 3 aromatic heterocycles. The van der Waals surface area contributed by atoms with Crippen LogP contribution in [0.2, 0.25) is 0 Å². The van der Waals surface area contributed by atoms with Gasteiger partial charge in [-0.2, -0.15) is 8.78 Å². The third-order valence-electron chi connectivity index (χ3n) is 4.44. The smallest absolute Gasteiger partial charge is 0.288 e. The van der Waals surface area contributed by atoms with E-state index in [4.69, 9.17) is 0 Å². The van der Waals surface area contributed by atoms with Crippen LogP contribution in [0.1, 0.15) is 15.4 Å². The second kappa shape index (κ2) is 8.27. The predicted octanol–water partition coefficient (Wildman–Crippen LogP) is 3.09. The molecule has 11 heteroatoms. The molecule has 0 spiro atoms. The van der Waals surface area contributed by atoms with Gasteiger partial charge in [0, 0.05) is 55.3 Å². The molecule has 1 fully saturated rings. The van der Waals surface area contributed by atoms with Crippen LogP contribution in [0.25, 0.3) is 4.96 Å². The molecule has 0 saturated carbocycles. The first-order valence-electron chi connectivity index (χ1n) is 8.51. The fraction of sp³-hybridized carbons (Fsp3) is 0.353. The summed E-state index contributed by atoms with van der Waals surface area (Å²) in [6.07, 6.45) is 1.70. The molecule has 148 valence electrons. The summed E-state index contributed by atoms with van der Waals surface area (Å²) in [6.45, 7) is 2.84. The molecule has 4 rings (SSSR count). The van der Waals surface area contributed by atoms with Gasteiger partial charge in [0.15, 0.2) is 4.96 Å². The highest BCUT2D eigenvalue weighted by atomic mass is 32.2. The largest absolute Gasteiger partial charge is 0.335 e. The van der Waals surface area contributed by atoms with E-state index in [1.165, 1.54) is 33.1 Å². The Morgan fingerprint density at radius 3 is 2.75 bits per heavy atom. The lowest BCUT2D eigenvalue weighted by atomic mass is 10.2. The first kappa shape index (κ1) is 19.5. The molecule has 1 aliphatic heterocycles. The number of amides is 1. The molecule has 0 aromatic carbocycles. The Kier molecular flexibility index (Phi) is 5.76. The van der Waals surface area contributed by atoms with Crippen LogP contribution in [-0.2, 0) is 6.54 Å². The fourth-order valence-electron chi connectivity index (χ4n) is 3.09. The Balaban J connectivity index is 1.38. The molecule has 4 heterocycles. The van der Waals surface area contributed by atoms with E-state index in [0.29, 0.717) is 64.9 Å². The molecule has 1 aliphatic rings. The Labute approximate surface area is 171 Å². The van der Waals surface area contributed by atoms with Crippen molar-refractivity contribution in [3.05, 3.63) is 50.0 Å². The number of thiophene rings is 1. The van der Waals surface area contributed by atoms with Crippen molar-refractivity contribution < 1.29 is 13.6 Å². The minimum Gasteiger partial charge on any atom is -0.335 e. The number of thioether (sulfide) groups is 1. The molecule has 0 bridgehead atoms. The number of thiazole rings is 1. The first-order valence-corrected chi connectivity index (χ1v) is 11.1. The second-order valence-electron chi connectivity index (χ2n) is 6.20. The monoisotopic (exact) mass is 442 g/mol. The quantitative estimate of drug-likeness (QED) is 0.569. The number of halogens is 2. The summed E-state index contributed by atoms with van der Waals surface area (Å²) in [5, 5.41) is 3.49. The number of hydrogen-bond donors (Lipinski definition) is 0. The van der Waals surface area contributed by atoms with Gasteiger partial charge in [0.05, 0.1) is 5.69 Å². The SMILES string of the molecule is O=C(c1sccc1SC(F)F)N1CCN(Cc2cc(=O)n3ccsc3n2)CC1. The van der Waals surface area contributed by atoms with Crippen LogP contribution in [0.4, 0.5) is 8.78 Å². The summed E-state index contributed by atoms with van der Waals surface area (Å²) in [5.41, 5.74) is 0.609. The van der Waals surface area contributed by atoms with E-state index in [2.05, 4.69) is 9.88 Å². The number of nitrogens with zero attached hydrogens (tertiary/aromatic N) is 4. The maximum absolute atomic E-state index is 12.7. The molecule has 3 aromatic rings. The van der Waals surface area contributed by atoms with Gasteiger partial charge in [-0.05, 0) is 11.4 Å². The molecule has 0 radical (unpaired) electrons. The van der Waals surface area contributed by atoms with Crippen molar-refractivity contribution in [3.8, 4) is 0 Å². The van der Waals surface area contributed by atoms with E-state index in [0.717, 1.165) is 0 Å². The number of aromatic nitrogens is 2. The van der Waals surface area contributed by atoms with Crippen LogP contribution in [0, 0.1) is 0 Å². The number of alkyl halides is 2. The van der Waals surface area contributed by atoms with Gasteiger partial charge in [-0.1, -0.05) is 11.8 Å². The summed E-state index contributed by atoms with van der Waals surface area (Å²) in [4.78, 5) is 34.5. The number of rotatable bonds is 5. The van der Waals surface area contributed by atoms with Gasteiger partial charge < -0.3 is 4.90 Å². The molecule has 28 heavy (non-hydrogen) atoms. The molecular formula is C17H16F2N4O2S3. The molecule has 0 atom stereocenters. The Morgan fingerprint density at radius 2 is 2.00 bits per heavy atom. The zero-order valence-corrected chi connectivity index (χ0v) is 17.0. The van der Waals surface area contributed by atoms with Crippen LogP contribution in [0.15, 0.2) is 38.8 Å². The average Bonchev–Trinajstić information content (AvgIpc) is 3.31. The normalized spacial score (nSPS) is 15.6. The van der Waals surface area contributed by atoms with E-state index in [9.17, 15) is 18.4 Å². The van der Waals surface area contributed by atoms with E-state index >= 15 is 0 Å². The van der Waals surface area contributed by atoms with Crippen LogP contribution in [0.3, 0.4) is 0 Å². The minimum atomic E-state index is -2.55. The van der Waals surface area contributed by atoms with Crippen LogP contribution < -0.4 is 5.56 Å². The van der Waals surface area contributed by atoms with Gasteiger partial charge in [0.1, 0.15) is 4.88 Å². The Morgan fingerprint density at radius 1 is 1.21 bits per heavy atom. The fourth-order valence-corrected chi connectivity index (χ4v) is 5.49. The minimum absolute atomic E-state index is 0.100. The predicted molar refractivity (Wildman–Crippen MR) is 107 cm³/mol. The zero-order valence-electron chi connectivity index (χ0n) is 14.6. The Bertz CT molecular complexity index is 1040. The van der Waals surface area contributed by atoms with Crippen molar-refractivity contribution in [2.75, 3.05) is 26.2 Å². The third kappa shape index (κ3) is 4.12. The number of fused-ring (bicyclic) bond motifs is 1. The maximum Gasteiger partial charge on any atom is 0.288 e. The van der Waals surface area contributed by atoms with Gasteiger partial charge >= 0.3 is 0 Å². The average molecular weight is 443 g/mol. The highest BCUT2D eigenvalue weighted by molar-refractivity contribution is 7.99. The van der Waals surface area contributed by atoms with Crippen molar-refractivity contribution in [1.82, 2.24) is 19.2 Å². The topological polar surface area (TPSA) is 57.9 Å². The van der Waals surface area contributed by atoms with Gasteiger partial charge in [-0.15, -0.1) is 22.7 Å². The first-order chi connectivity index (χ1) is 13.5. The van der Waals surface area contributed by atoms with Crippen molar-refractivity contribution in [2.24, 2.45) is 0 Å². The number of carbonyl (C=O) groups excluding carboxylic acids is 1. The van der Waals surface area contributed by atoms with Crippen LogP contribution >= 0.6 is 34.4 Å². The number of piperazine rings is 1. The molecule has 0 N–H and O–H groups in total. The van der Waals surface area contributed by atoms with Crippen molar-refractivity contribution >= 4 is 45.3 Å². The van der Waals surface area contributed by atoms with Crippen molar-refractivity contribution in [2.45, 2.75) is 17.2 Å². The van der Waals surface area contributed by atoms with Crippen molar-refractivity contribution in [1.29, 1.82) is 0 Å². The highest BCUT2D eigenvalue weighted by Crippen LogP contribution is 2.33. The van der Waals surface area contributed by atoms with E-state index in [1.807, 2.05) is 5.38 Å². The Hall–Kier alpha value is -1.82. The van der Waals surface area contributed by atoms with Gasteiger partial charge in [-0.3, -0.25) is 18.9 Å². The molecule has 6 nitrogen and oxygen atoms in total. The number of hydrogen-bond acceptors (Lipinski definition) is 7. The summed E-state index contributed by atoms with van der Waals surface area (Å²) >= 11 is 3.02. The number of carbonyl (C=O) groups is 1. The maximum atomic E-state index is 12.7. The molecule has 1 amide bonds. The van der Waals surface area contributed by atoms with Gasteiger partial charge in [-0.25, -0.2) is 4.98 Å². The lowest BCUT2D eigenvalue weighted by Crippen LogP contribution is -2.48. The highest BCUT2D eigenvalue weighted by Gasteiger charge is 2.26. The summed E-state index contributed by atoms with van der Waals surface area (Å²) in [7, 11) is 0. The van der Waals surface area contributed by atoms with E-state index in [1.54, 1.807) is 22.5 Å². The van der Waals surface area contributed by atoms with E-state index in [-0.39, 0.29) is 11.5 Å². The zero-order chi connectivity index (χ0) is 19.7. The van der Waals surface area contributed by atoms with Crippen LogP contribution in [-0.4, -0.2) is 57.0 Å². The van der Waals surface area contributed by atoms with Crippen LogP contribution in [0.5, 0.6) is 0 Å². The standard InChI is InChI=1S/C17H16F2N4O2S3/c18-16(19)28-12-1-7-26-14(12)15(25)22-4-2-21(3-5-22)10-11-9-13(24)23-6-8-27-17(23)20-11/h1,6-9,16H,2-5,10H2. The molecular weight excluding hydrogens is 426 g/mol. The molecule has 0 aliphatic carbocycles. The van der Waals surface area contributed by atoms with Gasteiger partial charge in [0.25, 0.3) is 17.2 Å².